The second-order valence-electron chi connectivity index (χ2n) is 5.20. The van der Waals surface area contributed by atoms with Crippen molar-refractivity contribution in [1.29, 1.82) is 0 Å². The summed E-state index contributed by atoms with van der Waals surface area (Å²) in [5, 5.41) is 3.18. The van der Waals surface area contributed by atoms with E-state index in [0.717, 1.165) is 19.6 Å². The lowest BCUT2D eigenvalue weighted by atomic mass is 10.1. The molecule has 0 aliphatic carbocycles. The number of benzene rings is 1. The normalized spacial score (nSPS) is 23.7. The largest absolute Gasteiger partial charge is 0.372 e. The van der Waals surface area contributed by atoms with Crippen LogP contribution >= 0.6 is 0 Å². The second kappa shape index (κ2) is 6.88. The van der Waals surface area contributed by atoms with E-state index in [1.54, 1.807) is 0 Å². The van der Waals surface area contributed by atoms with Crippen LogP contribution in [-0.2, 0) is 11.3 Å². The Bertz CT molecular complexity index is 342. The Kier molecular flexibility index (Phi) is 5.17. The van der Waals surface area contributed by atoms with Crippen LogP contribution in [0.4, 0.5) is 0 Å². The van der Waals surface area contributed by atoms with Gasteiger partial charge in [-0.2, -0.15) is 0 Å². The van der Waals surface area contributed by atoms with Crippen LogP contribution in [0, 0.1) is 0 Å². The Labute approximate surface area is 110 Å². The third kappa shape index (κ3) is 4.09. The average Bonchev–Trinajstić information content (AvgIpc) is 2.78. The van der Waals surface area contributed by atoms with Gasteiger partial charge >= 0.3 is 0 Å². The second-order valence-corrected chi connectivity index (χ2v) is 5.20. The van der Waals surface area contributed by atoms with Crippen LogP contribution < -0.4 is 5.32 Å². The molecule has 1 aromatic rings. The van der Waals surface area contributed by atoms with Gasteiger partial charge in [-0.25, -0.2) is 0 Å². The van der Waals surface area contributed by atoms with E-state index < -0.39 is 0 Å². The van der Waals surface area contributed by atoms with Gasteiger partial charge in [0.25, 0.3) is 0 Å². The highest BCUT2D eigenvalue weighted by molar-refractivity contribution is 5.14. The summed E-state index contributed by atoms with van der Waals surface area (Å²) >= 11 is 0. The molecule has 1 aliphatic rings. The molecule has 0 spiro atoms. The van der Waals surface area contributed by atoms with E-state index in [-0.39, 0.29) is 0 Å². The van der Waals surface area contributed by atoms with Gasteiger partial charge in [-0.3, -0.25) is 4.90 Å². The zero-order chi connectivity index (χ0) is 12.8. The molecule has 0 amide bonds. The minimum Gasteiger partial charge on any atom is -0.372 e. The van der Waals surface area contributed by atoms with Crippen molar-refractivity contribution in [2.75, 3.05) is 27.2 Å². The number of nitrogens with one attached hydrogen (secondary N) is 1. The molecule has 3 nitrogen and oxygen atoms in total. The number of ether oxygens (including phenoxy) is 1. The van der Waals surface area contributed by atoms with Gasteiger partial charge < -0.3 is 10.1 Å². The monoisotopic (exact) mass is 248 g/mol. The Morgan fingerprint density at radius 2 is 1.94 bits per heavy atom. The molecule has 2 rings (SSSR count). The van der Waals surface area contributed by atoms with Crippen LogP contribution in [0.3, 0.4) is 0 Å². The lowest BCUT2D eigenvalue weighted by Crippen LogP contribution is -2.30. The predicted molar refractivity (Wildman–Crippen MR) is 74.6 cm³/mol. The fourth-order valence-electron chi connectivity index (χ4n) is 2.60. The summed E-state index contributed by atoms with van der Waals surface area (Å²) in [5.74, 6) is 0. The minimum absolute atomic E-state index is 0.400. The Hall–Kier alpha value is -0.900. The fourth-order valence-corrected chi connectivity index (χ4v) is 2.60. The van der Waals surface area contributed by atoms with Gasteiger partial charge in [0.15, 0.2) is 0 Å². The fraction of sp³-hybridized carbons (Fsp3) is 0.600. The maximum Gasteiger partial charge on any atom is 0.0707 e. The summed E-state index contributed by atoms with van der Waals surface area (Å²) in [6.07, 6.45) is 3.18. The molecule has 18 heavy (non-hydrogen) atoms. The van der Waals surface area contributed by atoms with Crippen molar-refractivity contribution in [1.82, 2.24) is 10.2 Å². The van der Waals surface area contributed by atoms with Gasteiger partial charge in [-0.05, 0) is 32.5 Å². The molecule has 1 fully saturated rings. The van der Waals surface area contributed by atoms with Crippen LogP contribution in [-0.4, -0.2) is 44.3 Å². The maximum atomic E-state index is 6.01. The van der Waals surface area contributed by atoms with E-state index in [0.29, 0.717) is 12.2 Å². The first kappa shape index (κ1) is 13.5. The average molecular weight is 248 g/mol. The number of hydrogen-bond donors (Lipinski definition) is 1. The smallest absolute Gasteiger partial charge is 0.0707 e. The highest BCUT2D eigenvalue weighted by Gasteiger charge is 2.25. The lowest BCUT2D eigenvalue weighted by molar-refractivity contribution is 0.0276. The van der Waals surface area contributed by atoms with E-state index in [1.165, 1.54) is 18.4 Å². The molecule has 0 saturated carbocycles. The molecular weight excluding hydrogens is 224 g/mol. The van der Waals surface area contributed by atoms with Gasteiger partial charge in [-0.15, -0.1) is 0 Å². The van der Waals surface area contributed by atoms with Crippen molar-refractivity contribution < 1.29 is 4.74 Å². The summed E-state index contributed by atoms with van der Waals surface area (Å²) in [5.41, 5.74) is 1.37. The van der Waals surface area contributed by atoms with Crippen molar-refractivity contribution in [3.05, 3.63) is 35.9 Å². The standard InChI is InChI=1S/C15H24N2O/c1-16-10-14-8-9-15(18-14)12-17(2)11-13-6-4-3-5-7-13/h3-7,14-16H,8-12H2,1-2H3. The van der Waals surface area contributed by atoms with E-state index in [4.69, 9.17) is 4.74 Å². The highest BCUT2D eigenvalue weighted by Crippen LogP contribution is 2.20. The van der Waals surface area contributed by atoms with Crippen molar-refractivity contribution in [2.24, 2.45) is 0 Å². The third-order valence-corrected chi connectivity index (χ3v) is 3.44. The molecule has 2 unspecified atom stereocenters. The SMILES string of the molecule is CNCC1CCC(CN(C)Cc2ccccc2)O1. The van der Waals surface area contributed by atoms with Gasteiger partial charge in [0.1, 0.15) is 0 Å². The first-order valence-electron chi connectivity index (χ1n) is 6.80. The van der Waals surface area contributed by atoms with Gasteiger partial charge in [0.2, 0.25) is 0 Å². The molecule has 1 saturated heterocycles. The number of likely N-dealkylation sites (N-methyl/N-ethyl adjacent to an activating group) is 2. The molecule has 1 aromatic carbocycles. The maximum absolute atomic E-state index is 6.01. The Morgan fingerprint density at radius 3 is 2.67 bits per heavy atom. The van der Waals surface area contributed by atoms with E-state index >= 15 is 0 Å². The van der Waals surface area contributed by atoms with E-state index in [1.807, 2.05) is 7.05 Å². The van der Waals surface area contributed by atoms with E-state index in [2.05, 4.69) is 47.6 Å². The molecule has 1 N–H and O–H groups in total. The Balaban J connectivity index is 1.73. The van der Waals surface area contributed by atoms with Crippen molar-refractivity contribution in [3.63, 3.8) is 0 Å². The van der Waals surface area contributed by atoms with Crippen LogP contribution in [0.15, 0.2) is 30.3 Å². The summed E-state index contributed by atoms with van der Waals surface area (Å²) < 4.78 is 6.01. The first-order valence-corrected chi connectivity index (χ1v) is 6.80. The minimum atomic E-state index is 0.400. The zero-order valence-corrected chi connectivity index (χ0v) is 11.4. The molecule has 3 heteroatoms. The van der Waals surface area contributed by atoms with Crippen LogP contribution in [0.5, 0.6) is 0 Å². The molecule has 2 atom stereocenters. The van der Waals surface area contributed by atoms with Crippen molar-refractivity contribution in [2.45, 2.75) is 31.6 Å². The summed E-state index contributed by atoms with van der Waals surface area (Å²) in [6, 6.07) is 10.6. The molecule has 1 heterocycles. The predicted octanol–water partition coefficient (Wildman–Crippen LogP) is 1.89. The van der Waals surface area contributed by atoms with Gasteiger partial charge in [0.05, 0.1) is 12.2 Å². The number of hydrogen-bond acceptors (Lipinski definition) is 3. The molecular formula is C15H24N2O. The summed E-state index contributed by atoms with van der Waals surface area (Å²) in [4.78, 5) is 2.35. The van der Waals surface area contributed by atoms with Crippen molar-refractivity contribution in [3.8, 4) is 0 Å². The van der Waals surface area contributed by atoms with Crippen LogP contribution in [0.25, 0.3) is 0 Å². The molecule has 0 aromatic heterocycles. The quantitative estimate of drug-likeness (QED) is 0.832. The highest BCUT2D eigenvalue weighted by atomic mass is 16.5. The lowest BCUT2D eigenvalue weighted by Gasteiger charge is -2.21. The van der Waals surface area contributed by atoms with Crippen LogP contribution in [0.1, 0.15) is 18.4 Å². The van der Waals surface area contributed by atoms with Gasteiger partial charge in [0, 0.05) is 19.6 Å². The van der Waals surface area contributed by atoms with Gasteiger partial charge in [-0.1, -0.05) is 30.3 Å². The van der Waals surface area contributed by atoms with E-state index in [9.17, 15) is 0 Å². The summed E-state index contributed by atoms with van der Waals surface area (Å²) in [7, 11) is 4.15. The zero-order valence-electron chi connectivity index (χ0n) is 11.4. The number of nitrogens with zero attached hydrogens (tertiary/aromatic N) is 1. The molecule has 1 aliphatic heterocycles. The molecule has 0 radical (unpaired) electrons. The van der Waals surface area contributed by atoms with Crippen LogP contribution in [0.2, 0.25) is 0 Å². The third-order valence-electron chi connectivity index (χ3n) is 3.44. The molecule has 0 bridgehead atoms. The molecule has 100 valence electrons. The first-order chi connectivity index (χ1) is 8.78. The topological polar surface area (TPSA) is 24.5 Å². The number of rotatable bonds is 6. The Morgan fingerprint density at radius 1 is 1.22 bits per heavy atom. The summed E-state index contributed by atoms with van der Waals surface area (Å²) in [6.45, 7) is 2.99. The van der Waals surface area contributed by atoms with Crippen molar-refractivity contribution >= 4 is 0 Å².